The molecule has 0 aliphatic heterocycles. The molecule has 0 amide bonds. The van der Waals surface area contributed by atoms with Crippen LogP contribution in [0.4, 0.5) is 0 Å². The maximum atomic E-state index is 12.4. The highest BCUT2D eigenvalue weighted by Crippen LogP contribution is 2.48. The fourth-order valence-electron chi connectivity index (χ4n) is 2.86. The normalized spacial score (nSPS) is 20.9. The number of aromatic nitrogens is 2. The van der Waals surface area contributed by atoms with E-state index in [1.807, 2.05) is 24.4 Å². The van der Waals surface area contributed by atoms with Gasteiger partial charge >= 0.3 is 0 Å². The van der Waals surface area contributed by atoms with Crippen LogP contribution in [0.3, 0.4) is 0 Å². The molecule has 0 bridgehead atoms. The average molecular weight is 268 g/mol. The molecule has 0 saturated heterocycles. The summed E-state index contributed by atoms with van der Waals surface area (Å²) in [4.78, 5) is 16.7. The van der Waals surface area contributed by atoms with Crippen LogP contribution in [-0.4, -0.2) is 15.3 Å². The molecule has 1 heterocycles. The first-order chi connectivity index (χ1) is 9.79. The van der Waals surface area contributed by atoms with Gasteiger partial charge in [-0.2, -0.15) is 0 Å². The van der Waals surface area contributed by atoms with Crippen LogP contribution in [0, 0.1) is 5.92 Å². The Hall–Kier alpha value is -1.90. The van der Waals surface area contributed by atoms with Crippen molar-refractivity contribution in [1.29, 1.82) is 0 Å². The molecule has 3 rings (SSSR count). The van der Waals surface area contributed by atoms with Crippen molar-refractivity contribution >= 4 is 5.78 Å². The summed E-state index contributed by atoms with van der Waals surface area (Å²) in [7, 11) is 0. The number of benzene rings is 1. The highest BCUT2D eigenvalue weighted by molar-refractivity contribution is 5.86. The molecule has 2 aromatic rings. The van der Waals surface area contributed by atoms with E-state index in [2.05, 4.69) is 28.6 Å². The molecule has 0 radical (unpaired) electrons. The first-order valence-corrected chi connectivity index (χ1v) is 7.37. The lowest BCUT2D eigenvalue weighted by molar-refractivity contribution is -0.119. The highest BCUT2D eigenvalue weighted by Gasteiger charge is 2.43. The fourth-order valence-corrected chi connectivity index (χ4v) is 2.86. The summed E-state index contributed by atoms with van der Waals surface area (Å²) in [5.74, 6) is 1.88. The minimum Gasteiger partial charge on any atom is -0.335 e. The van der Waals surface area contributed by atoms with Crippen LogP contribution in [0.2, 0.25) is 0 Å². The van der Waals surface area contributed by atoms with E-state index in [1.165, 1.54) is 5.56 Å². The number of aryl methyl sites for hydroxylation is 1. The van der Waals surface area contributed by atoms with E-state index in [0.29, 0.717) is 18.1 Å². The van der Waals surface area contributed by atoms with Crippen LogP contribution in [-0.2, 0) is 17.8 Å². The topological polar surface area (TPSA) is 34.9 Å². The van der Waals surface area contributed by atoms with Gasteiger partial charge in [-0.1, -0.05) is 37.3 Å². The summed E-state index contributed by atoms with van der Waals surface area (Å²) < 4.78 is 2.10. The van der Waals surface area contributed by atoms with Crippen molar-refractivity contribution in [2.75, 3.05) is 0 Å². The quantitative estimate of drug-likeness (QED) is 0.806. The molecule has 2 atom stereocenters. The van der Waals surface area contributed by atoms with Gasteiger partial charge in [0.05, 0.1) is 6.42 Å². The van der Waals surface area contributed by atoms with Crippen LogP contribution in [0.5, 0.6) is 0 Å². The van der Waals surface area contributed by atoms with Crippen molar-refractivity contribution in [2.45, 2.75) is 38.6 Å². The Morgan fingerprint density at radius 1 is 1.35 bits per heavy atom. The number of nitrogens with zero attached hydrogens (tertiary/aromatic N) is 2. The number of ketones is 1. The van der Waals surface area contributed by atoms with Gasteiger partial charge in [-0.3, -0.25) is 4.79 Å². The van der Waals surface area contributed by atoms with Crippen molar-refractivity contribution in [1.82, 2.24) is 9.55 Å². The largest absolute Gasteiger partial charge is 0.335 e. The van der Waals surface area contributed by atoms with Gasteiger partial charge < -0.3 is 4.57 Å². The second kappa shape index (κ2) is 5.61. The van der Waals surface area contributed by atoms with Gasteiger partial charge in [-0.25, -0.2) is 4.98 Å². The molecule has 1 aliphatic rings. The Balaban J connectivity index is 1.62. The third-order valence-electron chi connectivity index (χ3n) is 4.03. The Bertz CT molecular complexity index is 588. The summed E-state index contributed by atoms with van der Waals surface area (Å²) in [5.41, 5.74) is 1.29. The number of rotatable bonds is 6. The first-order valence-electron chi connectivity index (χ1n) is 7.37. The first kappa shape index (κ1) is 13.1. The molecule has 0 N–H and O–H groups in total. The van der Waals surface area contributed by atoms with Crippen LogP contribution in [0.1, 0.15) is 37.1 Å². The number of carbonyl (C=O) groups excluding carboxylic acids is 1. The monoisotopic (exact) mass is 268 g/mol. The second-order valence-corrected chi connectivity index (χ2v) is 5.54. The van der Waals surface area contributed by atoms with Gasteiger partial charge in [0.1, 0.15) is 11.6 Å². The number of hydrogen-bond donors (Lipinski definition) is 0. The predicted octanol–water partition coefficient (Wildman–Crippen LogP) is 3.21. The maximum Gasteiger partial charge on any atom is 0.144 e. The Labute approximate surface area is 119 Å². The van der Waals surface area contributed by atoms with E-state index in [-0.39, 0.29) is 5.92 Å². The van der Waals surface area contributed by atoms with E-state index in [0.717, 1.165) is 25.2 Å². The molecule has 1 fully saturated rings. The smallest absolute Gasteiger partial charge is 0.144 e. The van der Waals surface area contributed by atoms with E-state index < -0.39 is 0 Å². The lowest BCUT2D eigenvalue weighted by Crippen LogP contribution is -2.12. The summed E-state index contributed by atoms with van der Waals surface area (Å²) in [6.45, 7) is 3.08. The number of Topliss-reactive ketones (excluding diaryl/α,β-unsaturated/α-hetero) is 1. The van der Waals surface area contributed by atoms with Crippen molar-refractivity contribution < 1.29 is 4.79 Å². The van der Waals surface area contributed by atoms with Crippen molar-refractivity contribution in [3.8, 4) is 0 Å². The second-order valence-electron chi connectivity index (χ2n) is 5.54. The van der Waals surface area contributed by atoms with Crippen molar-refractivity contribution in [3.05, 3.63) is 54.1 Å². The molecule has 0 spiro atoms. The minimum absolute atomic E-state index is 0.198. The number of carbonyl (C=O) groups is 1. The van der Waals surface area contributed by atoms with Gasteiger partial charge in [0.25, 0.3) is 0 Å². The van der Waals surface area contributed by atoms with Crippen LogP contribution in [0.15, 0.2) is 42.7 Å². The lowest BCUT2D eigenvalue weighted by Gasteiger charge is -2.05. The van der Waals surface area contributed by atoms with Crippen LogP contribution >= 0.6 is 0 Å². The summed E-state index contributed by atoms with van der Waals surface area (Å²) in [6, 6.07) is 10.3. The maximum absolute atomic E-state index is 12.4. The zero-order valence-corrected chi connectivity index (χ0v) is 11.8. The van der Waals surface area contributed by atoms with Crippen molar-refractivity contribution in [3.63, 3.8) is 0 Å². The molecule has 20 heavy (non-hydrogen) atoms. The molecule has 104 valence electrons. The van der Waals surface area contributed by atoms with E-state index in [4.69, 9.17) is 0 Å². The minimum atomic E-state index is 0.198. The predicted molar refractivity (Wildman–Crippen MR) is 78.5 cm³/mol. The van der Waals surface area contributed by atoms with Gasteiger partial charge in [0.2, 0.25) is 0 Å². The molecule has 1 aromatic carbocycles. The molecule has 1 saturated carbocycles. The number of hydrogen-bond acceptors (Lipinski definition) is 2. The van der Waals surface area contributed by atoms with Crippen LogP contribution < -0.4 is 0 Å². The van der Waals surface area contributed by atoms with E-state index >= 15 is 0 Å². The summed E-state index contributed by atoms with van der Waals surface area (Å²) in [5, 5.41) is 0. The SMILES string of the molecule is CCCn1ccnc1CC(=O)C1CC1c1ccccc1. The molecule has 1 aromatic heterocycles. The molecule has 3 nitrogen and oxygen atoms in total. The highest BCUT2D eigenvalue weighted by atomic mass is 16.1. The molecular formula is C17H20N2O. The van der Waals surface area contributed by atoms with E-state index in [1.54, 1.807) is 6.20 Å². The third kappa shape index (κ3) is 2.67. The lowest BCUT2D eigenvalue weighted by atomic mass is 10.1. The number of imidazole rings is 1. The van der Waals surface area contributed by atoms with Crippen molar-refractivity contribution in [2.24, 2.45) is 5.92 Å². The zero-order valence-electron chi connectivity index (χ0n) is 11.8. The zero-order chi connectivity index (χ0) is 13.9. The summed E-state index contributed by atoms with van der Waals surface area (Å²) >= 11 is 0. The molecule has 1 aliphatic carbocycles. The molecule has 2 unspecified atom stereocenters. The Morgan fingerprint density at radius 2 is 2.15 bits per heavy atom. The standard InChI is InChI=1S/C17H20N2O/c1-2-9-19-10-8-18-17(19)12-16(20)15-11-14(15)13-6-4-3-5-7-13/h3-8,10,14-15H,2,9,11-12H2,1H3. The van der Waals surface area contributed by atoms with Gasteiger partial charge in [0, 0.05) is 24.9 Å². The van der Waals surface area contributed by atoms with Crippen LogP contribution in [0.25, 0.3) is 0 Å². The Kier molecular flexibility index (Phi) is 3.68. The fraction of sp³-hybridized carbons (Fsp3) is 0.412. The third-order valence-corrected chi connectivity index (χ3v) is 4.03. The molecular weight excluding hydrogens is 248 g/mol. The van der Waals surface area contributed by atoms with E-state index in [9.17, 15) is 4.79 Å². The average Bonchev–Trinajstić information content (AvgIpc) is 3.17. The summed E-state index contributed by atoms with van der Waals surface area (Å²) in [6.07, 6.45) is 6.29. The van der Waals surface area contributed by atoms with Gasteiger partial charge in [-0.15, -0.1) is 0 Å². The Morgan fingerprint density at radius 3 is 2.90 bits per heavy atom. The van der Waals surface area contributed by atoms with Gasteiger partial charge in [-0.05, 0) is 24.3 Å². The molecule has 3 heteroatoms. The van der Waals surface area contributed by atoms with Gasteiger partial charge in [0.15, 0.2) is 0 Å².